The zero-order chi connectivity index (χ0) is 14.7. The lowest BCUT2D eigenvalue weighted by atomic mass is 9.96. The third-order valence-corrected chi connectivity index (χ3v) is 4.26. The summed E-state index contributed by atoms with van der Waals surface area (Å²) in [4.78, 5) is 14.8. The van der Waals surface area contributed by atoms with Gasteiger partial charge >= 0.3 is 0 Å². The highest BCUT2D eigenvalue weighted by Crippen LogP contribution is 2.21. The number of carbonyl (C=O) groups excluding carboxylic acids is 1. The molecule has 1 fully saturated rings. The van der Waals surface area contributed by atoms with Gasteiger partial charge in [0.05, 0.1) is 11.4 Å². The van der Waals surface area contributed by atoms with E-state index >= 15 is 0 Å². The van der Waals surface area contributed by atoms with Gasteiger partial charge in [-0.25, -0.2) is 0 Å². The first-order chi connectivity index (χ1) is 10.3. The third kappa shape index (κ3) is 3.29. The zero-order valence-corrected chi connectivity index (χ0v) is 13.0. The molecule has 1 aliphatic heterocycles. The van der Waals surface area contributed by atoms with Crippen LogP contribution in [0.1, 0.15) is 18.3 Å². The summed E-state index contributed by atoms with van der Waals surface area (Å²) in [5, 5.41) is 11.6. The van der Waals surface area contributed by atoms with Gasteiger partial charge in [0.15, 0.2) is 5.78 Å². The molecule has 2 aromatic rings. The maximum Gasteiger partial charge on any atom is 0.187 e. The van der Waals surface area contributed by atoms with Gasteiger partial charge in [0.25, 0.3) is 0 Å². The number of rotatable bonds is 3. The lowest BCUT2D eigenvalue weighted by Gasteiger charge is -2.28. The summed E-state index contributed by atoms with van der Waals surface area (Å²) < 4.78 is 7.64. The van der Waals surface area contributed by atoms with Crippen LogP contribution in [0.5, 0.6) is 0 Å². The van der Waals surface area contributed by atoms with Crippen molar-refractivity contribution in [1.29, 1.82) is 0 Å². The third-order valence-electron chi connectivity index (χ3n) is 3.22. The highest BCUT2D eigenvalue weighted by atomic mass is 32.1. The summed E-state index contributed by atoms with van der Waals surface area (Å²) in [5.74, 6) is 0.0562. The number of hydrogen-bond acceptors (Lipinski definition) is 8. The second-order valence-corrected chi connectivity index (χ2v) is 5.85. The maximum absolute atomic E-state index is 12.6. The van der Waals surface area contributed by atoms with Crippen LogP contribution in [-0.4, -0.2) is 49.5 Å². The van der Waals surface area contributed by atoms with Crippen molar-refractivity contribution in [3.8, 4) is 0 Å². The highest BCUT2D eigenvalue weighted by Gasteiger charge is 2.25. The first-order valence-electron chi connectivity index (χ1n) is 6.48. The summed E-state index contributed by atoms with van der Waals surface area (Å²) in [7, 11) is 0. The highest BCUT2D eigenvalue weighted by molar-refractivity contribution is 7.03. The second-order valence-electron chi connectivity index (χ2n) is 4.63. The van der Waals surface area contributed by atoms with E-state index in [1.165, 1.54) is 23.1 Å². The van der Waals surface area contributed by atoms with Gasteiger partial charge in [-0.2, -0.15) is 0 Å². The summed E-state index contributed by atoms with van der Waals surface area (Å²) >= 11 is 2.56. The first-order valence-corrected chi connectivity index (χ1v) is 8.16. The van der Waals surface area contributed by atoms with Crippen molar-refractivity contribution in [1.82, 2.24) is 24.1 Å². The Morgan fingerprint density at radius 2 is 1.62 bits per heavy atom. The van der Waals surface area contributed by atoms with E-state index in [0.29, 0.717) is 13.1 Å². The lowest BCUT2D eigenvalue weighted by Crippen LogP contribution is -2.37. The molecule has 108 valence electrons. The zero-order valence-electron chi connectivity index (χ0n) is 11.4. The fraction of sp³-hybridized carbons (Fsp3) is 0.308. The molecule has 8 heteroatoms. The molecule has 0 atom stereocenters. The molecule has 3 rings (SSSR count). The number of hydrogen-bond donors (Lipinski definition) is 0. The van der Waals surface area contributed by atoms with Crippen molar-refractivity contribution < 1.29 is 4.79 Å². The van der Waals surface area contributed by atoms with Gasteiger partial charge in [0.2, 0.25) is 0 Å². The Kier molecular flexibility index (Phi) is 4.28. The smallest absolute Gasteiger partial charge is 0.187 e. The van der Waals surface area contributed by atoms with Gasteiger partial charge in [-0.1, -0.05) is 15.9 Å². The van der Waals surface area contributed by atoms with Crippen LogP contribution in [-0.2, 0) is 4.79 Å². The fourth-order valence-electron chi connectivity index (χ4n) is 2.16. The van der Waals surface area contributed by atoms with E-state index < -0.39 is 0 Å². The molecule has 1 saturated heterocycles. The molecule has 0 aromatic carbocycles. The standard InChI is InChI=1S/C13H13N5OS2/c1-2-18-5-9(3-11-7-20-16-14-11)13(19)10(6-18)4-12-8-21-17-15-12/h3-4,7-8H,2,5-6H2,1H3/b9-3+,10-4+. The first kappa shape index (κ1) is 14.2. The van der Waals surface area contributed by atoms with E-state index in [0.717, 1.165) is 29.1 Å². The molecule has 0 saturated carbocycles. The Labute approximate surface area is 130 Å². The van der Waals surface area contributed by atoms with Crippen LogP contribution in [0.4, 0.5) is 0 Å². The van der Waals surface area contributed by atoms with Crippen molar-refractivity contribution in [2.45, 2.75) is 6.92 Å². The number of likely N-dealkylation sites (tertiary alicyclic amines) is 1. The van der Waals surface area contributed by atoms with E-state index in [2.05, 4.69) is 31.0 Å². The molecular weight excluding hydrogens is 306 g/mol. The van der Waals surface area contributed by atoms with E-state index in [1.54, 1.807) is 0 Å². The average Bonchev–Trinajstić information content (AvgIpc) is 3.16. The number of carbonyl (C=O) groups is 1. The Morgan fingerprint density at radius 1 is 1.10 bits per heavy atom. The van der Waals surface area contributed by atoms with Gasteiger partial charge in [-0.05, 0) is 41.8 Å². The minimum Gasteiger partial charge on any atom is -0.295 e. The van der Waals surface area contributed by atoms with Gasteiger partial charge in [0.1, 0.15) is 0 Å². The molecule has 0 bridgehead atoms. The molecule has 6 nitrogen and oxygen atoms in total. The van der Waals surface area contributed by atoms with Crippen LogP contribution in [0.25, 0.3) is 12.2 Å². The molecule has 21 heavy (non-hydrogen) atoms. The lowest BCUT2D eigenvalue weighted by molar-refractivity contribution is -0.113. The predicted octanol–water partition coefficient (Wildman–Crippen LogP) is 1.76. The minimum absolute atomic E-state index is 0.0562. The Balaban J connectivity index is 1.93. The Hall–Kier alpha value is -1.77. The number of piperidine rings is 1. The summed E-state index contributed by atoms with van der Waals surface area (Å²) in [5.41, 5.74) is 2.95. The molecule has 0 unspecified atom stereocenters. The number of nitrogens with zero attached hydrogens (tertiary/aromatic N) is 5. The van der Waals surface area contributed by atoms with Crippen LogP contribution in [0.15, 0.2) is 21.9 Å². The Bertz CT molecular complexity index is 619. The van der Waals surface area contributed by atoms with E-state index in [-0.39, 0.29) is 5.78 Å². The minimum atomic E-state index is 0.0562. The van der Waals surface area contributed by atoms with Crippen LogP contribution in [0, 0.1) is 0 Å². The molecule has 3 heterocycles. The average molecular weight is 319 g/mol. The van der Waals surface area contributed by atoms with Crippen molar-refractivity contribution in [3.05, 3.63) is 33.3 Å². The van der Waals surface area contributed by atoms with Crippen LogP contribution in [0.2, 0.25) is 0 Å². The van der Waals surface area contributed by atoms with E-state index in [9.17, 15) is 4.79 Å². The molecule has 0 amide bonds. The summed E-state index contributed by atoms with van der Waals surface area (Å²) in [6, 6.07) is 0. The van der Waals surface area contributed by atoms with Crippen molar-refractivity contribution in [2.24, 2.45) is 0 Å². The van der Waals surface area contributed by atoms with Crippen LogP contribution < -0.4 is 0 Å². The maximum atomic E-state index is 12.6. The number of ketones is 1. The van der Waals surface area contributed by atoms with Gasteiger partial charge in [-0.15, -0.1) is 10.2 Å². The SMILES string of the molecule is CCN1C/C(=C\c2csnn2)C(=O)/C(=C/c2csnn2)C1. The van der Waals surface area contributed by atoms with Crippen LogP contribution >= 0.6 is 23.1 Å². The molecule has 0 aliphatic carbocycles. The second kappa shape index (κ2) is 6.33. The molecule has 0 spiro atoms. The Morgan fingerprint density at radius 3 is 2.00 bits per heavy atom. The predicted molar refractivity (Wildman–Crippen MR) is 82.9 cm³/mol. The summed E-state index contributed by atoms with van der Waals surface area (Å²) in [6.45, 7) is 4.24. The molecule has 2 aromatic heterocycles. The van der Waals surface area contributed by atoms with Gasteiger partial charge < -0.3 is 0 Å². The number of Topliss-reactive ketones (excluding diaryl/α,β-unsaturated/α-hetero) is 1. The molecule has 1 aliphatic rings. The van der Waals surface area contributed by atoms with E-state index in [4.69, 9.17) is 0 Å². The number of aromatic nitrogens is 4. The molecular formula is C13H13N5OS2. The van der Waals surface area contributed by atoms with Crippen LogP contribution in [0.3, 0.4) is 0 Å². The van der Waals surface area contributed by atoms with E-state index in [1.807, 2.05) is 22.9 Å². The quantitative estimate of drug-likeness (QED) is 0.803. The van der Waals surface area contributed by atoms with Crippen molar-refractivity contribution in [2.75, 3.05) is 19.6 Å². The summed E-state index contributed by atoms with van der Waals surface area (Å²) in [6.07, 6.45) is 3.64. The molecule has 0 radical (unpaired) electrons. The number of likely N-dealkylation sites (N-methyl/N-ethyl adjacent to an activating group) is 1. The fourth-order valence-corrected chi connectivity index (χ4v) is 2.98. The van der Waals surface area contributed by atoms with Gasteiger partial charge in [0, 0.05) is 35.0 Å². The van der Waals surface area contributed by atoms with Crippen molar-refractivity contribution >= 4 is 41.0 Å². The largest absolute Gasteiger partial charge is 0.295 e. The topological polar surface area (TPSA) is 71.9 Å². The van der Waals surface area contributed by atoms with Gasteiger partial charge in [-0.3, -0.25) is 9.69 Å². The van der Waals surface area contributed by atoms with Crippen molar-refractivity contribution in [3.63, 3.8) is 0 Å². The monoisotopic (exact) mass is 319 g/mol. The normalized spacial score (nSPS) is 20.5. The molecule has 0 N–H and O–H groups in total.